The number of thioether (sulfide) groups is 1. The van der Waals surface area contributed by atoms with Crippen molar-refractivity contribution < 1.29 is 14.4 Å². The monoisotopic (exact) mass is 541 g/mol. The second-order valence-corrected chi connectivity index (χ2v) is 10.5. The van der Waals surface area contributed by atoms with Crippen LogP contribution in [0, 0.1) is 13.8 Å². The molecule has 3 amide bonds. The van der Waals surface area contributed by atoms with Crippen molar-refractivity contribution in [2.45, 2.75) is 18.7 Å². The molecule has 1 aromatic heterocycles. The summed E-state index contributed by atoms with van der Waals surface area (Å²) >= 11 is 2.91. The van der Waals surface area contributed by atoms with E-state index in [0.717, 1.165) is 27.3 Å². The highest BCUT2D eigenvalue weighted by atomic mass is 32.2. The molecule has 0 bridgehead atoms. The number of rotatable bonds is 9. The fourth-order valence-corrected chi connectivity index (χ4v) is 5.01. The first-order valence-corrected chi connectivity index (χ1v) is 13.8. The maximum Gasteiger partial charge on any atom is 0.272 e. The Morgan fingerprint density at radius 2 is 1.55 bits per heavy atom. The molecule has 6 nitrogen and oxygen atoms in total. The smallest absolute Gasteiger partial charge is 0.272 e. The minimum atomic E-state index is -0.436. The lowest BCUT2D eigenvalue weighted by molar-refractivity contribution is -0.114. The SMILES string of the molecule is Cc1cc(C)cc(NC(=O)CSc2ccc(NC(=O)/C(=C/c3ccsc3)NC(=O)c3ccccc3)cc2)c1. The van der Waals surface area contributed by atoms with Crippen LogP contribution in [0.2, 0.25) is 0 Å². The van der Waals surface area contributed by atoms with Gasteiger partial charge in [-0.3, -0.25) is 14.4 Å². The summed E-state index contributed by atoms with van der Waals surface area (Å²) in [6.45, 7) is 3.99. The number of carbonyl (C=O) groups excluding carboxylic acids is 3. The Morgan fingerprint density at radius 3 is 2.21 bits per heavy atom. The Labute approximate surface area is 230 Å². The molecule has 1 heterocycles. The molecule has 3 aromatic carbocycles. The number of aryl methyl sites for hydroxylation is 2. The van der Waals surface area contributed by atoms with Gasteiger partial charge in [-0.15, -0.1) is 11.8 Å². The van der Waals surface area contributed by atoms with Crippen molar-refractivity contribution in [1.82, 2.24) is 5.32 Å². The molecule has 38 heavy (non-hydrogen) atoms. The lowest BCUT2D eigenvalue weighted by atomic mass is 10.1. The van der Waals surface area contributed by atoms with Crippen LogP contribution in [0.25, 0.3) is 6.08 Å². The largest absolute Gasteiger partial charge is 0.325 e. The van der Waals surface area contributed by atoms with Crippen LogP contribution in [0.3, 0.4) is 0 Å². The summed E-state index contributed by atoms with van der Waals surface area (Å²) in [7, 11) is 0. The molecule has 192 valence electrons. The Balaban J connectivity index is 1.36. The van der Waals surface area contributed by atoms with Gasteiger partial charge in [0.2, 0.25) is 5.91 Å². The third-order valence-corrected chi connectivity index (χ3v) is 7.08. The highest BCUT2D eigenvalue weighted by Crippen LogP contribution is 2.22. The number of benzene rings is 3. The van der Waals surface area contributed by atoms with Crippen molar-refractivity contribution in [1.29, 1.82) is 0 Å². The zero-order valence-electron chi connectivity index (χ0n) is 21.0. The normalized spacial score (nSPS) is 11.1. The van der Waals surface area contributed by atoms with Gasteiger partial charge in [-0.05, 0) is 102 Å². The first kappa shape index (κ1) is 26.9. The number of amides is 3. The van der Waals surface area contributed by atoms with Gasteiger partial charge in [-0.2, -0.15) is 11.3 Å². The quantitative estimate of drug-likeness (QED) is 0.167. The Hall–Kier alpha value is -4.14. The molecule has 0 fully saturated rings. The minimum absolute atomic E-state index is 0.0882. The van der Waals surface area contributed by atoms with Crippen molar-refractivity contribution in [3.8, 4) is 0 Å². The highest BCUT2D eigenvalue weighted by molar-refractivity contribution is 8.00. The van der Waals surface area contributed by atoms with Gasteiger partial charge in [-0.25, -0.2) is 0 Å². The maximum absolute atomic E-state index is 13.1. The number of thiophene rings is 1. The molecule has 4 aromatic rings. The molecule has 0 unspecified atom stereocenters. The molecule has 0 saturated heterocycles. The molecule has 4 rings (SSSR count). The van der Waals surface area contributed by atoms with Crippen LogP contribution in [0.1, 0.15) is 27.0 Å². The van der Waals surface area contributed by atoms with Crippen LogP contribution >= 0.6 is 23.1 Å². The summed E-state index contributed by atoms with van der Waals surface area (Å²) in [6, 6.07) is 23.8. The van der Waals surface area contributed by atoms with E-state index in [4.69, 9.17) is 0 Å². The number of hydrogen-bond acceptors (Lipinski definition) is 5. The molecular formula is C30H27N3O3S2. The summed E-state index contributed by atoms with van der Waals surface area (Å²) in [5, 5.41) is 12.3. The molecule has 8 heteroatoms. The lowest BCUT2D eigenvalue weighted by Gasteiger charge is -2.12. The van der Waals surface area contributed by atoms with E-state index in [-0.39, 0.29) is 23.3 Å². The van der Waals surface area contributed by atoms with Crippen molar-refractivity contribution >= 4 is 58.3 Å². The molecule has 0 spiro atoms. The van der Waals surface area contributed by atoms with Gasteiger partial charge >= 0.3 is 0 Å². The van der Waals surface area contributed by atoms with E-state index in [2.05, 4.69) is 22.0 Å². The molecule has 0 saturated carbocycles. The number of hydrogen-bond donors (Lipinski definition) is 3. The number of anilines is 2. The summed E-state index contributed by atoms with van der Waals surface area (Å²) in [5.74, 6) is -0.630. The van der Waals surface area contributed by atoms with Gasteiger partial charge in [0, 0.05) is 21.8 Å². The third kappa shape index (κ3) is 7.93. The van der Waals surface area contributed by atoms with Crippen LogP contribution < -0.4 is 16.0 Å². The van der Waals surface area contributed by atoms with Crippen LogP contribution in [0.15, 0.2) is 100 Å². The van der Waals surface area contributed by atoms with E-state index < -0.39 is 5.91 Å². The maximum atomic E-state index is 13.1. The highest BCUT2D eigenvalue weighted by Gasteiger charge is 2.15. The van der Waals surface area contributed by atoms with E-state index in [1.165, 1.54) is 23.1 Å². The standard InChI is InChI=1S/C30H27N3O3S2/c1-20-14-21(2)16-25(15-20)31-28(34)19-38-26-10-8-24(9-11-26)32-30(36)27(17-22-12-13-37-18-22)33-29(35)23-6-4-3-5-7-23/h3-18H,19H2,1-2H3,(H,31,34)(H,32,36)(H,33,35)/b27-17-. The fraction of sp³-hybridized carbons (Fsp3) is 0.100. The van der Waals surface area contributed by atoms with Crippen molar-refractivity contribution in [2.24, 2.45) is 0 Å². The second-order valence-electron chi connectivity index (χ2n) is 8.63. The Kier molecular flexibility index (Phi) is 9.13. The summed E-state index contributed by atoms with van der Waals surface area (Å²) in [4.78, 5) is 39.1. The Morgan fingerprint density at radius 1 is 0.842 bits per heavy atom. The van der Waals surface area contributed by atoms with Crippen LogP contribution in [0.4, 0.5) is 11.4 Å². The van der Waals surface area contributed by atoms with Gasteiger partial charge < -0.3 is 16.0 Å². The van der Waals surface area contributed by atoms with Crippen LogP contribution in [0.5, 0.6) is 0 Å². The van der Waals surface area contributed by atoms with E-state index in [1.807, 2.05) is 61.0 Å². The lowest BCUT2D eigenvalue weighted by Crippen LogP contribution is -2.30. The van der Waals surface area contributed by atoms with E-state index in [1.54, 1.807) is 42.5 Å². The predicted octanol–water partition coefficient (Wildman–Crippen LogP) is 6.51. The summed E-state index contributed by atoms with van der Waals surface area (Å²) in [6.07, 6.45) is 1.64. The van der Waals surface area contributed by atoms with E-state index >= 15 is 0 Å². The van der Waals surface area contributed by atoms with E-state index in [0.29, 0.717) is 11.3 Å². The first-order valence-electron chi connectivity index (χ1n) is 11.9. The molecule has 0 aliphatic heterocycles. The molecular weight excluding hydrogens is 514 g/mol. The molecule has 0 radical (unpaired) electrons. The average molecular weight is 542 g/mol. The third-order valence-electron chi connectivity index (χ3n) is 5.37. The van der Waals surface area contributed by atoms with Gasteiger partial charge in [0.05, 0.1) is 5.75 Å². The first-order chi connectivity index (χ1) is 18.4. The molecule has 0 aliphatic rings. The number of carbonyl (C=O) groups is 3. The molecule has 0 atom stereocenters. The fourth-order valence-electron chi connectivity index (χ4n) is 3.69. The van der Waals surface area contributed by atoms with Crippen LogP contribution in [-0.4, -0.2) is 23.5 Å². The second kappa shape index (κ2) is 12.9. The van der Waals surface area contributed by atoms with Crippen molar-refractivity contribution in [3.63, 3.8) is 0 Å². The number of nitrogens with one attached hydrogen (secondary N) is 3. The van der Waals surface area contributed by atoms with Gasteiger partial charge in [0.1, 0.15) is 5.70 Å². The molecule has 3 N–H and O–H groups in total. The molecule has 0 aliphatic carbocycles. The van der Waals surface area contributed by atoms with Crippen molar-refractivity contribution in [2.75, 3.05) is 16.4 Å². The topological polar surface area (TPSA) is 87.3 Å². The average Bonchev–Trinajstić information content (AvgIpc) is 3.41. The minimum Gasteiger partial charge on any atom is -0.325 e. The van der Waals surface area contributed by atoms with Gasteiger partial charge in [0.15, 0.2) is 0 Å². The summed E-state index contributed by atoms with van der Waals surface area (Å²) in [5.41, 5.74) is 4.97. The van der Waals surface area contributed by atoms with Gasteiger partial charge in [-0.1, -0.05) is 24.3 Å². The van der Waals surface area contributed by atoms with E-state index in [9.17, 15) is 14.4 Å². The zero-order valence-corrected chi connectivity index (χ0v) is 22.6. The van der Waals surface area contributed by atoms with Gasteiger partial charge in [0.25, 0.3) is 11.8 Å². The summed E-state index contributed by atoms with van der Waals surface area (Å²) < 4.78 is 0. The zero-order chi connectivity index (χ0) is 26.9. The van der Waals surface area contributed by atoms with Crippen LogP contribution in [-0.2, 0) is 9.59 Å². The Bertz CT molecular complexity index is 1430. The van der Waals surface area contributed by atoms with Crippen molar-refractivity contribution in [3.05, 3.63) is 118 Å². The predicted molar refractivity (Wildman–Crippen MR) is 157 cm³/mol.